The number of nitrogens with one attached hydrogen (secondary N) is 1. The molecule has 6 heteroatoms. The van der Waals surface area contributed by atoms with Gasteiger partial charge >= 0.3 is 0 Å². The van der Waals surface area contributed by atoms with Crippen molar-refractivity contribution in [2.75, 3.05) is 25.0 Å². The fraction of sp³-hybridized carbons (Fsp3) is 0.649. The molecule has 2 aromatic carbocycles. The van der Waals surface area contributed by atoms with Crippen molar-refractivity contribution in [2.24, 2.45) is 5.92 Å². The second kappa shape index (κ2) is 19.9. The topological polar surface area (TPSA) is 71.0 Å². The molecule has 1 fully saturated rings. The molecule has 1 aliphatic rings. The van der Waals surface area contributed by atoms with Gasteiger partial charge in [-0.25, -0.2) is 0 Å². The van der Waals surface area contributed by atoms with Gasteiger partial charge in [0.05, 0.1) is 18.8 Å². The molecule has 1 amide bonds. The lowest BCUT2D eigenvalue weighted by Gasteiger charge is -2.43. The number of benzene rings is 2. The summed E-state index contributed by atoms with van der Waals surface area (Å²) in [4.78, 5) is 14.2. The highest BCUT2D eigenvalue weighted by Gasteiger charge is 2.39. The number of carbonyl (C=O) groups is 1. The van der Waals surface area contributed by atoms with Gasteiger partial charge in [0.25, 0.3) is 0 Å². The molecule has 0 radical (unpaired) electrons. The molecule has 0 bridgehead atoms. The van der Waals surface area contributed by atoms with Gasteiger partial charge in [-0.2, -0.15) is 0 Å². The van der Waals surface area contributed by atoms with Crippen LogP contribution in [0.25, 0.3) is 0 Å². The summed E-state index contributed by atoms with van der Waals surface area (Å²) in [6.07, 6.45) is 15.0. The molecule has 3 rings (SSSR count). The molecule has 2 aromatic rings. The molecule has 0 aromatic heterocycles. The predicted molar refractivity (Wildman–Crippen MR) is 177 cm³/mol. The standard InChI is InChI=1S/C37H58N2O4/c1-5-7-9-11-13-15-25-39(26-16-14-12-10-8-6-2)27-35-29(3)36(32-19-17-31(28-40)18-20-32)43-37(42-35)33-21-23-34(24-22-33)38-30(4)41/h17-24,29,35-37,40H,5-16,25-28H2,1-4H3,(H,38,41)/t29-,35+,36+,37+/m1/s1. The van der Waals surface area contributed by atoms with Gasteiger partial charge in [0.15, 0.2) is 6.29 Å². The van der Waals surface area contributed by atoms with E-state index >= 15 is 0 Å². The first-order valence-corrected chi connectivity index (χ1v) is 17.1. The average molecular weight is 595 g/mol. The second-order valence-corrected chi connectivity index (χ2v) is 12.5. The fourth-order valence-electron chi connectivity index (χ4n) is 6.04. The lowest BCUT2D eigenvalue weighted by molar-refractivity contribution is -0.276. The van der Waals surface area contributed by atoms with Crippen LogP contribution in [0.1, 0.15) is 134 Å². The van der Waals surface area contributed by atoms with E-state index < -0.39 is 6.29 Å². The molecule has 0 unspecified atom stereocenters. The van der Waals surface area contributed by atoms with Crippen LogP contribution in [-0.4, -0.2) is 41.7 Å². The number of rotatable bonds is 20. The maximum Gasteiger partial charge on any atom is 0.221 e. The Kier molecular flexibility index (Phi) is 16.3. The lowest BCUT2D eigenvalue weighted by atomic mass is 9.90. The molecule has 1 aliphatic heterocycles. The summed E-state index contributed by atoms with van der Waals surface area (Å²) < 4.78 is 13.4. The molecular formula is C37H58N2O4. The third-order valence-electron chi connectivity index (χ3n) is 8.72. The summed E-state index contributed by atoms with van der Waals surface area (Å²) >= 11 is 0. The third-order valence-corrected chi connectivity index (χ3v) is 8.72. The Morgan fingerprint density at radius 2 is 1.30 bits per heavy atom. The van der Waals surface area contributed by atoms with Gasteiger partial charge in [0.2, 0.25) is 5.91 Å². The van der Waals surface area contributed by atoms with Crippen LogP contribution in [0.2, 0.25) is 0 Å². The van der Waals surface area contributed by atoms with E-state index in [0.29, 0.717) is 0 Å². The molecule has 0 saturated carbocycles. The minimum Gasteiger partial charge on any atom is -0.392 e. The third kappa shape index (κ3) is 12.3. The number of nitrogens with zero attached hydrogens (tertiary/aromatic N) is 1. The minimum absolute atomic E-state index is 0.0106. The van der Waals surface area contributed by atoms with Gasteiger partial charge in [0.1, 0.15) is 0 Å². The van der Waals surface area contributed by atoms with Gasteiger partial charge in [-0.15, -0.1) is 0 Å². The van der Waals surface area contributed by atoms with Crippen LogP contribution in [-0.2, 0) is 20.9 Å². The van der Waals surface area contributed by atoms with Crippen molar-refractivity contribution in [3.63, 3.8) is 0 Å². The van der Waals surface area contributed by atoms with Gasteiger partial charge < -0.3 is 24.8 Å². The highest BCUT2D eigenvalue weighted by molar-refractivity contribution is 5.88. The Labute approximate surface area is 261 Å². The first-order chi connectivity index (χ1) is 20.9. The summed E-state index contributed by atoms with van der Waals surface area (Å²) in [5, 5.41) is 12.4. The largest absolute Gasteiger partial charge is 0.392 e. The zero-order valence-electron chi connectivity index (χ0n) is 27.4. The number of aliphatic hydroxyl groups excluding tert-OH is 1. The number of hydrogen-bond donors (Lipinski definition) is 2. The quantitative estimate of drug-likeness (QED) is 0.150. The SMILES string of the molecule is CCCCCCCCN(CCCCCCCC)C[C@@H]1O[C@H](c2ccc(NC(C)=O)cc2)O[C@H](c2ccc(CO)cc2)[C@@H]1C. The minimum atomic E-state index is -0.500. The number of aliphatic hydroxyl groups is 1. The molecule has 0 spiro atoms. The van der Waals surface area contributed by atoms with Gasteiger partial charge in [0, 0.05) is 30.6 Å². The highest BCUT2D eigenvalue weighted by atomic mass is 16.7. The number of ether oxygens (including phenoxy) is 2. The van der Waals surface area contributed by atoms with Crippen molar-refractivity contribution in [1.29, 1.82) is 0 Å². The van der Waals surface area contributed by atoms with Gasteiger partial charge in [-0.05, 0) is 49.2 Å². The Bertz CT molecular complexity index is 1010. The van der Waals surface area contributed by atoms with Crippen LogP contribution in [0.4, 0.5) is 5.69 Å². The van der Waals surface area contributed by atoms with Crippen LogP contribution in [0.15, 0.2) is 48.5 Å². The number of carbonyl (C=O) groups excluding carboxylic acids is 1. The zero-order valence-corrected chi connectivity index (χ0v) is 27.4. The van der Waals surface area contributed by atoms with E-state index in [0.717, 1.165) is 42.0 Å². The van der Waals surface area contributed by atoms with Crippen molar-refractivity contribution >= 4 is 11.6 Å². The molecule has 240 valence electrons. The van der Waals surface area contributed by atoms with Crippen molar-refractivity contribution in [3.8, 4) is 0 Å². The van der Waals surface area contributed by atoms with Crippen molar-refractivity contribution in [3.05, 3.63) is 65.2 Å². The first kappa shape index (κ1) is 35.2. The molecule has 4 atom stereocenters. The summed E-state index contributed by atoms with van der Waals surface area (Å²) in [6, 6.07) is 15.9. The Balaban J connectivity index is 1.75. The van der Waals surface area contributed by atoms with Crippen LogP contribution in [0.5, 0.6) is 0 Å². The molecule has 1 heterocycles. The summed E-state index contributed by atoms with van der Waals surface area (Å²) in [6.45, 7) is 11.5. The maximum atomic E-state index is 11.5. The van der Waals surface area contributed by atoms with Crippen LogP contribution in [0.3, 0.4) is 0 Å². The highest BCUT2D eigenvalue weighted by Crippen LogP contribution is 2.42. The van der Waals surface area contributed by atoms with Crippen LogP contribution < -0.4 is 5.32 Å². The Hall–Kier alpha value is -2.25. The lowest BCUT2D eigenvalue weighted by Crippen LogP contribution is -2.45. The Morgan fingerprint density at radius 1 is 0.767 bits per heavy atom. The molecule has 0 aliphatic carbocycles. The summed E-state index contributed by atoms with van der Waals surface area (Å²) in [5.41, 5.74) is 3.71. The van der Waals surface area contributed by atoms with Crippen molar-refractivity contribution in [2.45, 2.75) is 130 Å². The molecule has 6 nitrogen and oxygen atoms in total. The van der Waals surface area contributed by atoms with E-state index in [2.05, 4.69) is 43.1 Å². The second-order valence-electron chi connectivity index (χ2n) is 12.5. The van der Waals surface area contributed by atoms with Crippen molar-refractivity contribution < 1.29 is 19.4 Å². The van der Waals surface area contributed by atoms with E-state index in [1.54, 1.807) is 0 Å². The van der Waals surface area contributed by atoms with Gasteiger partial charge in [-0.3, -0.25) is 4.79 Å². The normalized spacial score (nSPS) is 20.4. The molecular weight excluding hydrogens is 536 g/mol. The summed E-state index contributed by atoms with van der Waals surface area (Å²) in [5.74, 6) is 0.0699. The first-order valence-electron chi connectivity index (χ1n) is 17.1. The van der Waals surface area contributed by atoms with E-state index in [1.165, 1.54) is 84.0 Å². The van der Waals surface area contributed by atoms with E-state index in [-0.39, 0.29) is 30.6 Å². The van der Waals surface area contributed by atoms with E-state index in [9.17, 15) is 9.90 Å². The fourth-order valence-corrected chi connectivity index (χ4v) is 6.04. The summed E-state index contributed by atoms with van der Waals surface area (Å²) in [7, 11) is 0. The number of anilines is 1. The maximum absolute atomic E-state index is 11.5. The van der Waals surface area contributed by atoms with Crippen LogP contribution in [0, 0.1) is 5.92 Å². The number of unbranched alkanes of at least 4 members (excludes halogenated alkanes) is 10. The molecule has 1 saturated heterocycles. The van der Waals surface area contributed by atoms with E-state index in [1.807, 2.05) is 36.4 Å². The number of hydrogen-bond acceptors (Lipinski definition) is 5. The molecule has 43 heavy (non-hydrogen) atoms. The Morgan fingerprint density at radius 3 is 1.84 bits per heavy atom. The zero-order chi connectivity index (χ0) is 30.9. The van der Waals surface area contributed by atoms with E-state index in [4.69, 9.17) is 9.47 Å². The number of amides is 1. The smallest absolute Gasteiger partial charge is 0.221 e. The van der Waals surface area contributed by atoms with Crippen LogP contribution >= 0.6 is 0 Å². The van der Waals surface area contributed by atoms with Gasteiger partial charge in [-0.1, -0.05) is 121 Å². The average Bonchev–Trinajstić information content (AvgIpc) is 3.01. The molecule has 2 N–H and O–H groups in total. The monoisotopic (exact) mass is 594 g/mol. The predicted octanol–water partition coefficient (Wildman–Crippen LogP) is 8.95. The van der Waals surface area contributed by atoms with Crippen molar-refractivity contribution in [1.82, 2.24) is 4.90 Å².